The quantitative estimate of drug-likeness (QED) is 0.348. The molecule has 0 saturated carbocycles. The van der Waals surface area contributed by atoms with Crippen LogP contribution in [-0.2, 0) is 18.3 Å². The lowest BCUT2D eigenvalue weighted by atomic mass is 10.1. The molecule has 7 nitrogen and oxygen atoms in total. The first-order valence-electron chi connectivity index (χ1n) is 9.71. The molecule has 32 heavy (non-hydrogen) atoms. The van der Waals surface area contributed by atoms with Crippen LogP contribution in [0.3, 0.4) is 0 Å². The van der Waals surface area contributed by atoms with Crippen molar-refractivity contribution in [1.29, 1.82) is 0 Å². The van der Waals surface area contributed by atoms with E-state index >= 15 is 0 Å². The van der Waals surface area contributed by atoms with Gasteiger partial charge in [0.1, 0.15) is 5.75 Å². The van der Waals surface area contributed by atoms with Gasteiger partial charge in [-0.1, -0.05) is 47.1 Å². The number of thioether (sulfide) groups is 1. The van der Waals surface area contributed by atoms with Crippen LogP contribution < -0.4 is 10.1 Å². The Balaban J connectivity index is 1.58. The smallest absolute Gasteiger partial charge is 0.224 e. The van der Waals surface area contributed by atoms with Gasteiger partial charge in [-0.3, -0.25) is 9.59 Å². The van der Waals surface area contributed by atoms with Crippen molar-refractivity contribution >= 4 is 46.7 Å². The molecule has 1 aromatic heterocycles. The highest BCUT2D eigenvalue weighted by molar-refractivity contribution is 7.99. The number of methoxy groups -OCH3 is 1. The summed E-state index contributed by atoms with van der Waals surface area (Å²) in [6.07, 6.45) is 0.240. The molecule has 2 aromatic carbocycles. The molecule has 0 bridgehead atoms. The average molecular weight is 493 g/mol. The lowest BCUT2D eigenvalue weighted by Crippen LogP contribution is -2.29. The Bertz CT molecular complexity index is 1120. The third kappa shape index (κ3) is 6.03. The summed E-state index contributed by atoms with van der Waals surface area (Å²) in [5, 5.41) is 12.6. The molecule has 0 spiro atoms. The van der Waals surface area contributed by atoms with Crippen LogP contribution in [0.15, 0.2) is 47.6 Å². The molecule has 0 saturated heterocycles. The van der Waals surface area contributed by atoms with Crippen LogP contribution in [0.1, 0.15) is 34.7 Å². The number of halogens is 2. The van der Waals surface area contributed by atoms with E-state index in [9.17, 15) is 9.59 Å². The lowest BCUT2D eigenvalue weighted by molar-refractivity contribution is -0.121. The van der Waals surface area contributed by atoms with Gasteiger partial charge >= 0.3 is 0 Å². The zero-order valence-electron chi connectivity index (χ0n) is 17.8. The molecule has 168 valence electrons. The van der Waals surface area contributed by atoms with E-state index in [1.807, 2.05) is 31.2 Å². The van der Waals surface area contributed by atoms with Crippen LogP contribution in [0, 0.1) is 0 Å². The van der Waals surface area contributed by atoms with E-state index in [0.717, 1.165) is 11.3 Å². The predicted molar refractivity (Wildman–Crippen MR) is 126 cm³/mol. The molecule has 3 rings (SSSR count). The molecule has 3 aromatic rings. The molecule has 1 amide bonds. The minimum Gasteiger partial charge on any atom is -0.497 e. The molecule has 0 aliphatic carbocycles. The fourth-order valence-corrected chi connectivity index (χ4v) is 4.35. The third-order valence-corrected chi connectivity index (χ3v) is 6.29. The Kier molecular flexibility index (Phi) is 8.17. The van der Waals surface area contributed by atoms with Gasteiger partial charge in [0.25, 0.3) is 0 Å². The van der Waals surface area contributed by atoms with Gasteiger partial charge in [0, 0.05) is 17.6 Å². The number of benzene rings is 2. The minimum absolute atomic E-state index is 0.132. The zero-order valence-corrected chi connectivity index (χ0v) is 20.1. The largest absolute Gasteiger partial charge is 0.497 e. The maximum atomic E-state index is 12.5. The number of ketones is 1. The van der Waals surface area contributed by atoms with E-state index in [-0.39, 0.29) is 29.9 Å². The standard InChI is InChI=1S/C22H22Cl2N4O3S/c1-13(25-20(30)10-14-4-7-16(31-3)8-5-14)21-26-27-22(28(21)2)32-12-19(29)17-9-6-15(23)11-18(17)24/h4-9,11,13H,10,12H2,1-3H3,(H,25,30)/t13-/m0/s1. The number of carbonyl (C=O) groups excluding carboxylic acids is 2. The number of carbonyl (C=O) groups is 2. The maximum absolute atomic E-state index is 12.5. The fraction of sp³-hybridized carbons (Fsp3) is 0.273. The van der Waals surface area contributed by atoms with E-state index in [1.54, 1.807) is 30.9 Å². The third-order valence-electron chi connectivity index (χ3n) is 4.72. The van der Waals surface area contributed by atoms with Crippen LogP contribution >= 0.6 is 35.0 Å². The van der Waals surface area contributed by atoms with Crippen molar-refractivity contribution in [2.75, 3.05) is 12.9 Å². The summed E-state index contributed by atoms with van der Waals surface area (Å²) < 4.78 is 6.89. The normalized spacial score (nSPS) is 11.8. The second kappa shape index (κ2) is 10.8. The predicted octanol–water partition coefficient (Wildman–Crippen LogP) is 4.53. The summed E-state index contributed by atoms with van der Waals surface area (Å²) in [4.78, 5) is 24.9. The van der Waals surface area contributed by atoms with Crippen molar-refractivity contribution in [2.45, 2.75) is 24.5 Å². The average Bonchev–Trinajstić information content (AvgIpc) is 3.13. The summed E-state index contributed by atoms with van der Waals surface area (Å²) in [5.74, 6) is 1.21. The lowest BCUT2D eigenvalue weighted by Gasteiger charge is -2.14. The van der Waals surface area contributed by atoms with E-state index in [1.165, 1.54) is 17.8 Å². The van der Waals surface area contributed by atoms with Crippen LogP contribution in [-0.4, -0.2) is 39.3 Å². The van der Waals surface area contributed by atoms with Crippen molar-refractivity contribution in [1.82, 2.24) is 20.1 Å². The van der Waals surface area contributed by atoms with E-state index in [0.29, 0.717) is 26.6 Å². The number of Topliss-reactive ketones (excluding diaryl/α,β-unsaturated/α-hetero) is 1. The first kappa shape index (κ1) is 24.1. The fourth-order valence-electron chi connectivity index (χ4n) is 3.04. The highest BCUT2D eigenvalue weighted by atomic mass is 35.5. The van der Waals surface area contributed by atoms with Gasteiger partial charge in [0.2, 0.25) is 5.91 Å². The minimum atomic E-state index is -0.353. The summed E-state index contributed by atoms with van der Waals surface area (Å²) in [5.41, 5.74) is 1.29. The zero-order chi connectivity index (χ0) is 23.3. The molecule has 0 aliphatic heterocycles. The molecular weight excluding hydrogens is 471 g/mol. The molecule has 1 N–H and O–H groups in total. The van der Waals surface area contributed by atoms with Gasteiger partial charge in [-0.15, -0.1) is 10.2 Å². The van der Waals surface area contributed by atoms with Crippen molar-refractivity contribution in [3.8, 4) is 5.75 Å². The Hall–Kier alpha value is -2.55. The SMILES string of the molecule is COc1ccc(CC(=O)N[C@@H](C)c2nnc(SCC(=O)c3ccc(Cl)cc3Cl)n2C)cc1. The molecule has 0 unspecified atom stereocenters. The van der Waals surface area contributed by atoms with Crippen molar-refractivity contribution in [3.63, 3.8) is 0 Å². The van der Waals surface area contributed by atoms with Crippen molar-refractivity contribution in [2.24, 2.45) is 7.05 Å². The number of nitrogens with one attached hydrogen (secondary N) is 1. The number of hydrogen-bond donors (Lipinski definition) is 1. The Labute approximate surface area is 200 Å². The molecule has 0 aliphatic rings. The number of hydrogen-bond acceptors (Lipinski definition) is 6. The van der Waals surface area contributed by atoms with Gasteiger partial charge in [0.15, 0.2) is 16.8 Å². The van der Waals surface area contributed by atoms with Crippen molar-refractivity contribution in [3.05, 3.63) is 69.5 Å². The van der Waals surface area contributed by atoms with Gasteiger partial charge in [0.05, 0.1) is 30.3 Å². The molecule has 1 atom stereocenters. The molecule has 0 radical (unpaired) electrons. The summed E-state index contributed by atoms with van der Waals surface area (Å²) in [6.45, 7) is 1.84. The van der Waals surface area contributed by atoms with Gasteiger partial charge in [-0.25, -0.2) is 0 Å². The van der Waals surface area contributed by atoms with E-state index in [2.05, 4.69) is 15.5 Å². The summed E-state index contributed by atoms with van der Waals surface area (Å²) in [7, 11) is 3.39. The number of aromatic nitrogens is 3. The Morgan fingerprint density at radius 1 is 1.16 bits per heavy atom. The summed E-state index contributed by atoms with van der Waals surface area (Å²) in [6, 6.07) is 11.8. The first-order valence-corrected chi connectivity index (χ1v) is 11.4. The van der Waals surface area contributed by atoms with Crippen molar-refractivity contribution < 1.29 is 14.3 Å². The molecule has 1 heterocycles. The first-order chi connectivity index (χ1) is 15.3. The second-order valence-corrected chi connectivity index (χ2v) is 8.84. The Morgan fingerprint density at radius 2 is 1.88 bits per heavy atom. The topological polar surface area (TPSA) is 86.1 Å². The van der Waals surface area contributed by atoms with Gasteiger partial charge < -0.3 is 14.6 Å². The maximum Gasteiger partial charge on any atom is 0.224 e. The monoisotopic (exact) mass is 492 g/mol. The number of nitrogens with zero attached hydrogens (tertiary/aromatic N) is 3. The number of amides is 1. The van der Waals surface area contributed by atoms with Gasteiger partial charge in [-0.2, -0.15) is 0 Å². The van der Waals surface area contributed by atoms with Crippen LogP contribution in [0.5, 0.6) is 5.75 Å². The Morgan fingerprint density at radius 3 is 2.53 bits per heavy atom. The highest BCUT2D eigenvalue weighted by Gasteiger charge is 2.19. The van der Waals surface area contributed by atoms with Crippen LogP contribution in [0.25, 0.3) is 0 Å². The summed E-state index contributed by atoms with van der Waals surface area (Å²) >= 11 is 13.2. The van der Waals surface area contributed by atoms with Crippen LogP contribution in [0.4, 0.5) is 0 Å². The highest BCUT2D eigenvalue weighted by Crippen LogP contribution is 2.25. The van der Waals surface area contributed by atoms with Gasteiger partial charge in [-0.05, 0) is 42.8 Å². The molecule has 0 fully saturated rings. The molecule has 10 heteroatoms. The molecular formula is C22H22Cl2N4O3S. The van der Waals surface area contributed by atoms with Crippen LogP contribution in [0.2, 0.25) is 10.0 Å². The van der Waals surface area contributed by atoms with E-state index < -0.39 is 0 Å². The number of rotatable bonds is 9. The van der Waals surface area contributed by atoms with E-state index in [4.69, 9.17) is 27.9 Å². The number of ether oxygens (including phenoxy) is 1. The second-order valence-electron chi connectivity index (χ2n) is 7.05.